The number of carboxylic acid groups (broad SMARTS) is 1. The van der Waals surface area contributed by atoms with Gasteiger partial charge in [0.2, 0.25) is 5.91 Å². The van der Waals surface area contributed by atoms with Crippen LogP contribution in [0.1, 0.15) is 42.1 Å². The maximum Gasteiger partial charge on any atom is 0.335 e. The second kappa shape index (κ2) is 15.7. The number of ether oxygens (including phenoxy) is 1. The van der Waals surface area contributed by atoms with Crippen molar-refractivity contribution in [3.63, 3.8) is 0 Å². The maximum atomic E-state index is 11.3. The lowest BCUT2D eigenvalue weighted by molar-refractivity contribution is -0.114. The Balaban J connectivity index is 0.000000395. The second-order valence-electron chi connectivity index (χ2n) is 9.37. The van der Waals surface area contributed by atoms with Crippen LogP contribution in [0.2, 0.25) is 5.02 Å². The van der Waals surface area contributed by atoms with Crippen molar-refractivity contribution in [3.05, 3.63) is 88.9 Å². The molecule has 0 aromatic heterocycles. The molecule has 3 aromatic carbocycles. The van der Waals surface area contributed by atoms with Gasteiger partial charge in [0.25, 0.3) is 0 Å². The molecule has 8 nitrogen and oxygen atoms in total. The second-order valence-corrected chi connectivity index (χ2v) is 9.80. The van der Waals surface area contributed by atoms with Crippen LogP contribution in [0.25, 0.3) is 0 Å². The number of halogens is 1. The van der Waals surface area contributed by atoms with Crippen molar-refractivity contribution in [2.75, 3.05) is 31.6 Å². The normalized spacial score (nSPS) is 13.7. The Kier molecular flexibility index (Phi) is 12.1. The molecule has 1 heterocycles. The Bertz CT molecular complexity index is 1180. The molecular weight excluding hydrogens is 518 g/mol. The monoisotopic (exact) mass is 553 g/mol. The van der Waals surface area contributed by atoms with Gasteiger partial charge < -0.3 is 25.6 Å². The molecule has 4 N–H and O–H groups in total. The quantitative estimate of drug-likeness (QED) is 0.196. The first kappa shape index (κ1) is 30.0. The van der Waals surface area contributed by atoms with Gasteiger partial charge in [-0.1, -0.05) is 41.9 Å². The molecule has 1 saturated heterocycles. The van der Waals surface area contributed by atoms with Crippen LogP contribution in [-0.4, -0.2) is 59.3 Å². The van der Waals surface area contributed by atoms with E-state index >= 15 is 0 Å². The lowest BCUT2D eigenvalue weighted by Crippen LogP contribution is -2.42. The molecule has 0 atom stereocenters. The van der Waals surface area contributed by atoms with E-state index in [1.165, 1.54) is 24.6 Å². The fourth-order valence-corrected chi connectivity index (χ4v) is 4.33. The number of benzene rings is 3. The Morgan fingerprint density at radius 2 is 1.72 bits per heavy atom. The van der Waals surface area contributed by atoms with Gasteiger partial charge in [-0.05, 0) is 80.9 Å². The van der Waals surface area contributed by atoms with Crippen LogP contribution in [0.4, 0.5) is 5.69 Å². The van der Waals surface area contributed by atoms with E-state index in [0.717, 1.165) is 50.5 Å². The minimum absolute atomic E-state index is 0.114. The van der Waals surface area contributed by atoms with Crippen LogP contribution in [-0.2, 0) is 11.3 Å². The van der Waals surface area contributed by atoms with E-state index in [1.807, 2.05) is 12.1 Å². The number of carbonyl (C=O) groups is 2. The Labute approximate surface area is 234 Å². The van der Waals surface area contributed by atoms with Crippen LogP contribution >= 0.6 is 11.6 Å². The Morgan fingerprint density at radius 1 is 1.03 bits per heavy atom. The highest BCUT2D eigenvalue weighted by Crippen LogP contribution is 2.29. The first-order valence-corrected chi connectivity index (χ1v) is 13.4. The number of rotatable bonds is 10. The zero-order valence-corrected chi connectivity index (χ0v) is 22.9. The molecule has 1 amide bonds. The number of nitrogens with one attached hydrogen (secondary N) is 2. The summed E-state index contributed by atoms with van der Waals surface area (Å²) in [7, 11) is 0. The largest absolute Gasteiger partial charge is 0.508 e. The number of carboxylic acids is 1. The third kappa shape index (κ3) is 11.0. The van der Waals surface area contributed by atoms with Gasteiger partial charge in [-0.25, -0.2) is 4.79 Å². The van der Waals surface area contributed by atoms with Crippen molar-refractivity contribution < 1.29 is 24.5 Å². The summed E-state index contributed by atoms with van der Waals surface area (Å²) in [6, 6.07) is 21.6. The number of amides is 1. The fraction of sp³-hybridized carbons (Fsp3) is 0.333. The molecule has 1 aliphatic heterocycles. The van der Waals surface area contributed by atoms with Gasteiger partial charge in [0.1, 0.15) is 11.5 Å². The summed E-state index contributed by atoms with van der Waals surface area (Å²) in [6.45, 7) is 5.97. The molecule has 1 fully saturated rings. The van der Waals surface area contributed by atoms with Crippen molar-refractivity contribution in [2.45, 2.75) is 38.8 Å². The lowest BCUT2D eigenvalue weighted by atomic mass is 10.0. The van der Waals surface area contributed by atoms with Crippen molar-refractivity contribution in [1.82, 2.24) is 10.2 Å². The number of phenolic OH excluding ortho intramolecular Hbond substituents is 1. The molecule has 0 aliphatic carbocycles. The number of aromatic carboxylic acids is 1. The number of hydrogen-bond acceptors (Lipinski definition) is 6. The average Bonchev–Trinajstić information content (AvgIpc) is 2.93. The highest BCUT2D eigenvalue weighted by molar-refractivity contribution is 6.30. The number of piperidine rings is 1. The molecule has 0 spiro atoms. The van der Waals surface area contributed by atoms with Crippen LogP contribution in [0.3, 0.4) is 0 Å². The molecule has 4 rings (SSSR count). The fourth-order valence-electron chi connectivity index (χ4n) is 4.21. The third-order valence-electron chi connectivity index (χ3n) is 6.22. The van der Waals surface area contributed by atoms with Gasteiger partial charge in [0, 0.05) is 30.6 Å². The summed E-state index contributed by atoms with van der Waals surface area (Å²) in [6.07, 6.45) is 3.11. The minimum Gasteiger partial charge on any atom is -0.508 e. The highest BCUT2D eigenvalue weighted by Gasteiger charge is 2.18. The molecule has 208 valence electrons. The van der Waals surface area contributed by atoms with Gasteiger partial charge in [-0.2, -0.15) is 0 Å². The Hall–Kier alpha value is -3.59. The predicted octanol–water partition coefficient (Wildman–Crippen LogP) is 5.41. The number of nitrogens with zero attached hydrogens (tertiary/aromatic N) is 1. The molecule has 1 aliphatic rings. The van der Waals surface area contributed by atoms with E-state index in [2.05, 4.69) is 27.7 Å². The van der Waals surface area contributed by atoms with Crippen molar-refractivity contribution in [3.8, 4) is 11.5 Å². The van der Waals surface area contributed by atoms with Crippen molar-refractivity contribution in [1.29, 1.82) is 0 Å². The van der Waals surface area contributed by atoms with Gasteiger partial charge >= 0.3 is 5.97 Å². The summed E-state index contributed by atoms with van der Waals surface area (Å²) < 4.78 is 5.77. The van der Waals surface area contributed by atoms with E-state index in [-0.39, 0.29) is 11.7 Å². The van der Waals surface area contributed by atoms with Gasteiger partial charge in [-0.3, -0.25) is 9.69 Å². The average molecular weight is 554 g/mol. The van der Waals surface area contributed by atoms with E-state index in [9.17, 15) is 14.7 Å². The smallest absolute Gasteiger partial charge is 0.335 e. The summed E-state index contributed by atoms with van der Waals surface area (Å²) >= 11 is 5.96. The molecule has 0 unspecified atom stereocenters. The molecular formula is C30H36ClN3O5. The van der Waals surface area contributed by atoms with Crippen LogP contribution in [0.15, 0.2) is 72.8 Å². The number of aromatic hydroxyl groups is 1. The Morgan fingerprint density at radius 3 is 2.33 bits per heavy atom. The first-order valence-electron chi connectivity index (χ1n) is 13.0. The predicted molar refractivity (Wildman–Crippen MR) is 154 cm³/mol. The van der Waals surface area contributed by atoms with Gasteiger partial charge in [0.15, 0.2) is 0 Å². The summed E-state index contributed by atoms with van der Waals surface area (Å²) in [5.41, 5.74) is 2.20. The molecule has 39 heavy (non-hydrogen) atoms. The van der Waals surface area contributed by atoms with E-state index in [4.69, 9.17) is 21.4 Å². The maximum absolute atomic E-state index is 11.3. The van der Waals surface area contributed by atoms with Crippen molar-refractivity contribution in [2.24, 2.45) is 0 Å². The molecule has 9 heteroatoms. The SMILES string of the molecule is CC(=O)Nc1ccc(O)cc1OCCCNC1CCN(Cc2ccc(Cl)cc2)CC1.O=C(O)c1ccccc1. The van der Waals surface area contributed by atoms with Gasteiger partial charge in [-0.15, -0.1) is 0 Å². The van der Waals surface area contributed by atoms with Crippen LogP contribution < -0.4 is 15.4 Å². The first-order chi connectivity index (χ1) is 18.8. The molecule has 0 bridgehead atoms. The number of hydrogen-bond donors (Lipinski definition) is 4. The summed E-state index contributed by atoms with van der Waals surface area (Å²) in [5, 5.41) is 25.2. The van der Waals surface area contributed by atoms with Crippen LogP contribution in [0.5, 0.6) is 11.5 Å². The van der Waals surface area contributed by atoms with Gasteiger partial charge in [0.05, 0.1) is 17.9 Å². The molecule has 3 aromatic rings. The summed E-state index contributed by atoms with van der Waals surface area (Å²) in [4.78, 5) is 24.0. The number of phenols is 1. The zero-order valence-electron chi connectivity index (χ0n) is 22.1. The van der Waals surface area contributed by atoms with E-state index in [1.54, 1.807) is 36.4 Å². The van der Waals surface area contributed by atoms with E-state index < -0.39 is 5.97 Å². The number of carbonyl (C=O) groups excluding carboxylic acids is 1. The lowest BCUT2D eigenvalue weighted by Gasteiger charge is -2.32. The topological polar surface area (TPSA) is 111 Å². The number of anilines is 1. The van der Waals surface area contributed by atoms with E-state index in [0.29, 0.717) is 29.6 Å². The van der Waals surface area contributed by atoms with Crippen LogP contribution in [0, 0.1) is 0 Å². The molecule has 0 radical (unpaired) electrons. The zero-order chi connectivity index (χ0) is 28.0. The summed E-state index contributed by atoms with van der Waals surface area (Å²) in [5.74, 6) is -0.450. The standard InChI is InChI=1S/C23H30ClN3O3.C7H6O2/c1-17(28)26-22-8-7-21(29)15-23(22)30-14-2-11-25-20-9-12-27(13-10-20)16-18-3-5-19(24)6-4-18;8-7(9)6-4-2-1-3-5-6/h3-8,15,20,25,29H,2,9-14,16H2,1H3,(H,26,28);1-5H,(H,8,9). The minimum atomic E-state index is -0.879. The van der Waals surface area contributed by atoms with Crippen molar-refractivity contribution >= 4 is 29.2 Å². The third-order valence-corrected chi connectivity index (χ3v) is 6.47. The highest BCUT2D eigenvalue weighted by atomic mass is 35.5. The molecule has 0 saturated carbocycles. The number of likely N-dealkylation sites (tertiary alicyclic amines) is 1.